The summed E-state index contributed by atoms with van der Waals surface area (Å²) in [7, 11) is 2.03. The molecule has 0 saturated carbocycles. The van der Waals surface area contributed by atoms with Gasteiger partial charge in [0.1, 0.15) is 41.6 Å². The zero-order chi connectivity index (χ0) is 43.1. The maximum absolute atomic E-state index is 12.9. The Kier molecular flexibility index (Phi) is 14.3. The highest BCUT2D eigenvalue weighted by Crippen LogP contribution is 2.40. The number of halogens is 3. The average Bonchev–Trinajstić information content (AvgIpc) is 3.82. The Morgan fingerprint density at radius 1 is 1.02 bits per heavy atom. The molecule has 3 heterocycles. The van der Waals surface area contributed by atoms with Crippen LogP contribution in [0.25, 0.3) is 11.0 Å². The molecule has 60 heavy (non-hydrogen) atoms. The molecule has 0 amide bonds. The summed E-state index contributed by atoms with van der Waals surface area (Å²) in [4.78, 5) is 20.5. The number of ketones is 1. The summed E-state index contributed by atoms with van der Waals surface area (Å²) in [6, 6.07) is 24.7. The number of benzene rings is 3. The van der Waals surface area contributed by atoms with Crippen molar-refractivity contribution < 1.29 is 41.3 Å². The lowest BCUT2D eigenvalue weighted by atomic mass is 10.1. The molecule has 0 aliphatic carbocycles. The zero-order valence-electron chi connectivity index (χ0n) is 34.9. The standard InChI is InChI=1S/C45H51F3N4O6SSi/c1-30-22-32(54-6)23-36(55-7)35(30)27-59-29-56-37-24-40(52-25-31(16-14-15-21-39(53)45(46,47)48)41-42(49-5)50-28-51-43(41)52)58-38(37)26-57-60(44(2,3)4,33-17-10-8-11-18-33)34-19-12-9-13-20-34/h8-13,17-20,22-23,25,28,37-38,40H,15,21,24,26-27,29H2,1-7H3,(H,49,50,51)/t37?,38-,40-/m1/s1. The SMILES string of the molecule is CNc1ncnc2c1c(C#CCCC(=O)C(F)(F)F)cn2[C@H]1CC(OCSCc2c(C)cc(OC)cc2OC)[C@@H](CO[Si](c2ccccc2)(c2ccccc2)C(C)(C)C)O1. The first kappa shape index (κ1) is 44.7. The monoisotopic (exact) mass is 860 g/mol. The molecule has 2 aromatic heterocycles. The molecule has 1 N–H and O–H groups in total. The lowest BCUT2D eigenvalue weighted by Crippen LogP contribution is -2.67. The van der Waals surface area contributed by atoms with Gasteiger partial charge in [0.15, 0.2) is 0 Å². The minimum atomic E-state index is -4.90. The van der Waals surface area contributed by atoms with Crippen molar-refractivity contribution in [2.75, 3.05) is 39.1 Å². The van der Waals surface area contributed by atoms with E-state index < -0.39 is 45.1 Å². The molecule has 0 radical (unpaired) electrons. The molecule has 1 unspecified atom stereocenters. The Balaban J connectivity index is 1.32. The minimum absolute atomic E-state index is 0.236. The van der Waals surface area contributed by atoms with Crippen molar-refractivity contribution in [3.63, 3.8) is 0 Å². The van der Waals surface area contributed by atoms with E-state index in [1.54, 1.807) is 39.2 Å². The number of methoxy groups -OCH3 is 2. The van der Waals surface area contributed by atoms with Gasteiger partial charge in [-0.2, -0.15) is 13.2 Å². The first-order chi connectivity index (χ1) is 28.7. The number of nitrogens with zero attached hydrogens (tertiary/aromatic N) is 3. The predicted molar refractivity (Wildman–Crippen MR) is 232 cm³/mol. The molecule has 1 saturated heterocycles. The van der Waals surface area contributed by atoms with Gasteiger partial charge in [0.25, 0.3) is 8.32 Å². The average molecular weight is 861 g/mol. The van der Waals surface area contributed by atoms with E-state index in [0.717, 1.165) is 33.0 Å². The fraction of sp³-hybridized carbons (Fsp3) is 0.400. The van der Waals surface area contributed by atoms with Crippen LogP contribution < -0.4 is 25.2 Å². The Hall–Kier alpha value is -4.85. The van der Waals surface area contributed by atoms with Gasteiger partial charge in [-0.25, -0.2) is 9.97 Å². The first-order valence-electron chi connectivity index (χ1n) is 19.6. The van der Waals surface area contributed by atoms with Gasteiger partial charge < -0.3 is 33.3 Å². The van der Waals surface area contributed by atoms with E-state index in [1.165, 1.54) is 6.33 Å². The molecule has 5 aromatic rings. The number of Topliss-reactive ketones (excluding diaryl/α,β-unsaturated/α-hetero) is 1. The number of carbonyl (C=O) groups excluding carboxylic acids is 1. The van der Waals surface area contributed by atoms with Gasteiger partial charge in [0.2, 0.25) is 5.78 Å². The number of carbonyl (C=O) groups is 1. The lowest BCUT2D eigenvalue weighted by molar-refractivity contribution is -0.170. The first-order valence-corrected chi connectivity index (χ1v) is 22.7. The van der Waals surface area contributed by atoms with Gasteiger partial charge in [-0.05, 0) is 34.0 Å². The number of fused-ring (bicyclic) bond motifs is 1. The molecule has 15 heteroatoms. The van der Waals surface area contributed by atoms with Gasteiger partial charge in [0, 0.05) is 49.9 Å². The van der Waals surface area contributed by atoms with Crippen LogP contribution in [0, 0.1) is 18.8 Å². The molecule has 1 aliphatic rings. The number of rotatable bonds is 16. The molecular weight excluding hydrogens is 810 g/mol. The molecule has 0 bridgehead atoms. The van der Waals surface area contributed by atoms with Crippen LogP contribution in [0.2, 0.25) is 5.04 Å². The van der Waals surface area contributed by atoms with E-state index in [-0.39, 0.29) is 18.1 Å². The molecule has 1 aliphatic heterocycles. The van der Waals surface area contributed by atoms with E-state index >= 15 is 0 Å². The largest absolute Gasteiger partial charge is 0.497 e. The second-order valence-corrected chi connectivity index (χ2v) is 20.7. The highest BCUT2D eigenvalue weighted by molar-refractivity contribution is 7.98. The van der Waals surface area contributed by atoms with Crippen LogP contribution in [0.1, 0.15) is 63.0 Å². The van der Waals surface area contributed by atoms with Crippen molar-refractivity contribution in [3.05, 3.63) is 102 Å². The van der Waals surface area contributed by atoms with Crippen LogP contribution in [0.5, 0.6) is 11.5 Å². The van der Waals surface area contributed by atoms with E-state index in [1.807, 2.05) is 60.0 Å². The Morgan fingerprint density at radius 2 is 1.70 bits per heavy atom. The van der Waals surface area contributed by atoms with Crippen molar-refractivity contribution in [1.82, 2.24) is 14.5 Å². The van der Waals surface area contributed by atoms with E-state index in [2.05, 4.69) is 72.2 Å². The fourth-order valence-electron chi connectivity index (χ4n) is 7.75. The maximum atomic E-state index is 12.9. The van der Waals surface area contributed by atoms with Crippen molar-refractivity contribution in [2.24, 2.45) is 0 Å². The fourth-order valence-corrected chi connectivity index (χ4v) is 13.2. The molecular formula is C45H51F3N4O6SSi. The zero-order valence-corrected chi connectivity index (χ0v) is 36.7. The number of alkyl halides is 3. The third kappa shape index (κ3) is 9.69. The Bertz CT molecular complexity index is 2270. The summed E-state index contributed by atoms with van der Waals surface area (Å²) in [5.74, 6) is 6.87. The third-order valence-electron chi connectivity index (χ3n) is 10.7. The summed E-state index contributed by atoms with van der Waals surface area (Å²) < 4.78 is 72.6. The summed E-state index contributed by atoms with van der Waals surface area (Å²) >= 11 is 1.62. The Labute approximate surface area is 354 Å². The highest BCUT2D eigenvalue weighted by atomic mass is 32.2. The smallest absolute Gasteiger partial charge is 0.450 e. The van der Waals surface area contributed by atoms with Crippen molar-refractivity contribution in [1.29, 1.82) is 0 Å². The van der Waals surface area contributed by atoms with Gasteiger partial charge >= 0.3 is 6.18 Å². The number of hydrogen-bond acceptors (Lipinski definition) is 10. The number of aryl methyl sites for hydroxylation is 1. The summed E-state index contributed by atoms with van der Waals surface area (Å²) in [6.45, 7) is 8.94. The number of aromatic nitrogens is 3. The highest BCUT2D eigenvalue weighted by Gasteiger charge is 2.51. The van der Waals surface area contributed by atoms with Crippen LogP contribution >= 0.6 is 11.8 Å². The van der Waals surface area contributed by atoms with Crippen LogP contribution in [0.15, 0.2) is 85.3 Å². The molecule has 318 valence electrons. The Morgan fingerprint density at radius 3 is 2.30 bits per heavy atom. The number of hydrogen-bond donors (Lipinski definition) is 1. The van der Waals surface area contributed by atoms with Crippen LogP contribution in [0.4, 0.5) is 19.0 Å². The molecule has 0 spiro atoms. The molecule has 1 fully saturated rings. The van der Waals surface area contributed by atoms with Crippen LogP contribution in [0.3, 0.4) is 0 Å². The number of anilines is 1. The topological polar surface area (TPSA) is 106 Å². The third-order valence-corrected chi connectivity index (χ3v) is 16.5. The predicted octanol–water partition coefficient (Wildman–Crippen LogP) is 8.20. The maximum Gasteiger partial charge on any atom is 0.450 e. The summed E-state index contributed by atoms with van der Waals surface area (Å²) in [5.41, 5.74) is 3.11. The second-order valence-electron chi connectivity index (χ2n) is 15.5. The van der Waals surface area contributed by atoms with Crippen LogP contribution in [-0.4, -0.2) is 80.8 Å². The van der Waals surface area contributed by atoms with Crippen molar-refractivity contribution in [3.8, 4) is 23.3 Å². The summed E-state index contributed by atoms with van der Waals surface area (Å²) in [6.07, 6.45) is -3.71. The quantitative estimate of drug-likeness (QED) is 0.0452. The van der Waals surface area contributed by atoms with E-state index in [0.29, 0.717) is 40.5 Å². The van der Waals surface area contributed by atoms with Gasteiger partial charge in [-0.3, -0.25) is 4.79 Å². The van der Waals surface area contributed by atoms with Crippen LogP contribution in [-0.2, 0) is 24.4 Å². The van der Waals surface area contributed by atoms with Gasteiger partial charge in [-0.15, -0.1) is 11.8 Å². The number of ether oxygens (including phenoxy) is 4. The molecule has 6 rings (SSSR count). The van der Waals surface area contributed by atoms with Gasteiger partial charge in [-0.1, -0.05) is 93.3 Å². The summed E-state index contributed by atoms with van der Waals surface area (Å²) in [5, 5.41) is 5.67. The van der Waals surface area contributed by atoms with Crippen molar-refractivity contribution >= 4 is 53.1 Å². The van der Waals surface area contributed by atoms with E-state index in [9.17, 15) is 18.0 Å². The lowest BCUT2D eigenvalue weighted by Gasteiger charge is -2.43. The molecule has 3 atom stereocenters. The second kappa shape index (κ2) is 19.2. The van der Waals surface area contributed by atoms with Crippen molar-refractivity contribution in [2.45, 2.75) is 82.4 Å². The molecule has 10 nitrogen and oxygen atoms in total. The van der Waals surface area contributed by atoms with E-state index in [4.69, 9.17) is 23.4 Å². The number of thioether (sulfide) groups is 1. The molecule has 3 aromatic carbocycles. The van der Waals surface area contributed by atoms with Gasteiger partial charge in [0.05, 0.1) is 43.8 Å². The normalized spacial score (nSPS) is 17.0. The number of nitrogens with one attached hydrogen (secondary N) is 1. The minimum Gasteiger partial charge on any atom is -0.497 e.